The van der Waals surface area contributed by atoms with Crippen LogP contribution >= 0.6 is 11.6 Å². The highest BCUT2D eigenvalue weighted by Crippen LogP contribution is 2.29. The number of rotatable bonds is 5. The number of nitrogens with zero attached hydrogens (tertiary/aromatic N) is 3. The first-order valence-electron chi connectivity index (χ1n) is 10.8. The Hall–Kier alpha value is -3.53. The molecule has 0 spiro atoms. The lowest BCUT2D eigenvalue weighted by atomic mass is 9.92. The van der Waals surface area contributed by atoms with Gasteiger partial charge in [-0.25, -0.2) is 14.2 Å². The predicted octanol–water partition coefficient (Wildman–Crippen LogP) is 2.52. The summed E-state index contributed by atoms with van der Waals surface area (Å²) in [6.07, 6.45) is 2.62. The van der Waals surface area contributed by atoms with Crippen LogP contribution in [0.4, 0.5) is 15.0 Å². The van der Waals surface area contributed by atoms with Gasteiger partial charge in [0, 0.05) is 19.3 Å². The molecule has 4 rings (SSSR count). The number of hydrogen-bond donors (Lipinski definition) is 2. The highest BCUT2D eigenvalue weighted by atomic mass is 35.5. The van der Waals surface area contributed by atoms with Gasteiger partial charge in [0.1, 0.15) is 23.7 Å². The molecular formula is C23H23ClFN5O4. The Bertz CT molecular complexity index is 1130. The average molecular weight is 488 g/mol. The molecule has 3 heterocycles. The maximum atomic E-state index is 13.3. The number of imide groups is 1. The number of carbonyl (C=O) groups excluding carboxylic acids is 4. The van der Waals surface area contributed by atoms with Crippen LogP contribution in [-0.2, 0) is 19.9 Å². The normalized spacial score (nSPS) is 22.5. The van der Waals surface area contributed by atoms with Gasteiger partial charge in [0.25, 0.3) is 5.91 Å². The molecule has 9 nitrogen and oxygen atoms in total. The van der Waals surface area contributed by atoms with E-state index in [-0.39, 0.29) is 12.5 Å². The summed E-state index contributed by atoms with van der Waals surface area (Å²) < 4.78 is 13.3. The Balaban J connectivity index is 1.39. The van der Waals surface area contributed by atoms with Crippen molar-refractivity contribution in [1.29, 1.82) is 0 Å². The van der Waals surface area contributed by atoms with Crippen molar-refractivity contribution in [2.75, 3.05) is 25.0 Å². The van der Waals surface area contributed by atoms with Gasteiger partial charge in [-0.1, -0.05) is 23.7 Å². The molecule has 11 heteroatoms. The van der Waals surface area contributed by atoms with Crippen LogP contribution in [-0.4, -0.2) is 58.2 Å². The van der Waals surface area contributed by atoms with Gasteiger partial charge in [-0.2, -0.15) is 0 Å². The van der Waals surface area contributed by atoms with Gasteiger partial charge in [0.05, 0.1) is 10.9 Å². The summed E-state index contributed by atoms with van der Waals surface area (Å²) in [5, 5.41) is 5.76. The molecule has 178 valence electrons. The maximum Gasteiger partial charge on any atom is 0.325 e. The molecule has 0 radical (unpaired) electrons. The summed E-state index contributed by atoms with van der Waals surface area (Å²) in [5.41, 5.74) is -0.992. The SMILES string of the molecule is CC1(c2ccc(F)cc2)NC(=O)N(CC(=O)N2CCCC(C(=O)Nc3ccc(Cl)cn3)C2)C1=O. The van der Waals surface area contributed by atoms with E-state index < -0.39 is 41.7 Å². The molecule has 2 aliphatic heterocycles. The number of benzene rings is 1. The van der Waals surface area contributed by atoms with Crippen LogP contribution in [0, 0.1) is 11.7 Å². The minimum atomic E-state index is -1.40. The quantitative estimate of drug-likeness (QED) is 0.629. The molecule has 1 aromatic heterocycles. The third-order valence-corrected chi connectivity index (χ3v) is 6.34. The van der Waals surface area contributed by atoms with Crippen LogP contribution in [0.25, 0.3) is 0 Å². The van der Waals surface area contributed by atoms with Crippen molar-refractivity contribution in [3.63, 3.8) is 0 Å². The van der Waals surface area contributed by atoms with Gasteiger partial charge < -0.3 is 15.5 Å². The molecule has 0 bridgehead atoms. The predicted molar refractivity (Wildman–Crippen MR) is 121 cm³/mol. The number of anilines is 1. The number of nitrogens with one attached hydrogen (secondary N) is 2. The number of likely N-dealkylation sites (tertiary alicyclic amines) is 1. The first-order valence-corrected chi connectivity index (χ1v) is 11.2. The molecule has 2 unspecified atom stereocenters. The monoisotopic (exact) mass is 487 g/mol. The maximum absolute atomic E-state index is 13.3. The van der Waals surface area contributed by atoms with Crippen molar-refractivity contribution < 1.29 is 23.6 Å². The van der Waals surface area contributed by atoms with Gasteiger partial charge >= 0.3 is 6.03 Å². The summed E-state index contributed by atoms with van der Waals surface area (Å²) in [4.78, 5) is 57.5. The summed E-state index contributed by atoms with van der Waals surface area (Å²) in [6.45, 7) is 1.64. The van der Waals surface area contributed by atoms with Crippen molar-refractivity contribution in [3.05, 3.63) is 59.0 Å². The van der Waals surface area contributed by atoms with Crippen LogP contribution in [0.1, 0.15) is 25.3 Å². The molecule has 2 aromatic rings. The topological polar surface area (TPSA) is 112 Å². The molecule has 2 fully saturated rings. The van der Waals surface area contributed by atoms with Crippen LogP contribution in [0.2, 0.25) is 5.02 Å². The first-order chi connectivity index (χ1) is 16.2. The molecule has 2 aliphatic rings. The average Bonchev–Trinajstić information content (AvgIpc) is 3.04. The van der Waals surface area contributed by atoms with Crippen molar-refractivity contribution >= 4 is 41.2 Å². The number of piperidine rings is 1. The molecule has 34 heavy (non-hydrogen) atoms. The van der Waals surface area contributed by atoms with Crippen LogP contribution in [0.3, 0.4) is 0 Å². The summed E-state index contributed by atoms with van der Waals surface area (Å²) in [7, 11) is 0. The largest absolute Gasteiger partial charge is 0.340 e. The second-order valence-electron chi connectivity index (χ2n) is 8.48. The van der Waals surface area contributed by atoms with Crippen molar-refractivity contribution in [2.45, 2.75) is 25.3 Å². The van der Waals surface area contributed by atoms with E-state index in [9.17, 15) is 23.6 Å². The molecule has 2 N–H and O–H groups in total. The Morgan fingerprint density at radius 3 is 2.65 bits per heavy atom. The molecular weight excluding hydrogens is 465 g/mol. The van der Waals surface area contributed by atoms with E-state index in [1.165, 1.54) is 42.3 Å². The number of hydrogen-bond acceptors (Lipinski definition) is 5. The molecule has 2 saturated heterocycles. The highest BCUT2D eigenvalue weighted by molar-refractivity contribution is 6.30. The van der Waals surface area contributed by atoms with E-state index in [0.717, 1.165) is 4.90 Å². The van der Waals surface area contributed by atoms with Gasteiger partial charge in [0.2, 0.25) is 11.8 Å². The second-order valence-corrected chi connectivity index (χ2v) is 8.92. The van der Waals surface area contributed by atoms with Gasteiger partial charge in [0.15, 0.2) is 0 Å². The number of urea groups is 1. The Kier molecular flexibility index (Phi) is 6.52. The fraction of sp³-hybridized carbons (Fsp3) is 0.348. The summed E-state index contributed by atoms with van der Waals surface area (Å²) in [6, 6.07) is 7.73. The number of aromatic nitrogens is 1. The van der Waals surface area contributed by atoms with Crippen LogP contribution < -0.4 is 10.6 Å². The number of halogens is 2. The Morgan fingerprint density at radius 1 is 1.24 bits per heavy atom. The minimum absolute atomic E-state index is 0.164. The van der Waals surface area contributed by atoms with Crippen molar-refractivity contribution in [1.82, 2.24) is 20.1 Å². The fourth-order valence-electron chi connectivity index (χ4n) is 4.15. The Morgan fingerprint density at radius 2 is 1.97 bits per heavy atom. The summed E-state index contributed by atoms with van der Waals surface area (Å²) in [5.74, 6) is -1.87. The summed E-state index contributed by atoms with van der Waals surface area (Å²) >= 11 is 5.81. The zero-order valence-electron chi connectivity index (χ0n) is 18.4. The van der Waals surface area contributed by atoms with E-state index in [2.05, 4.69) is 15.6 Å². The van der Waals surface area contributed by atoms with E-state index in [1.54, 1.807) is 12.1 Å². The standard InChI is InChI=1S/C23H23ClFN5O4/c1-23(15-4-7-17(25)8-5-15)21(33)30(22(34)28-23)13-19(31)29-10-2-3-14(12-29)20(32)27-18-9-6-16(24)11-26-18/h4-9,11,14H,2-3,10,12-13H2,1H3,(H,28,34)(H,26,27,32). The Labute approximate surface area is 200 Å². The smallest absolute Gasteiger partial charge is 0.325 e. The molecule has 1 aromatic carbocycles. The van der Waals surface area contributed by atoms with E-state index in [1.807, 2.05) is 0 Å². The van der Waals surface area contributed by atoms with Crippen LogP contribution in [0.5, 0.6) is 0 Å². The lowest BCUT2D eigenvalue weighted by Gasteiger charge is -2.32. The van der Waals surface area contributed by atoms with Crippen LogP contribution in [0.15, 0.2) is 42.6 Å². The molecule has 2 atom stereocenters. The number of amides is 5. The second kappa shape index (κ2) is 9.38. The third-order valence-electron chi connectivity index (χ3n) is 6.11. The van der Waals surface area contributed by atoms with Gasteiger partial charge in [-0.15, -0.1) is 0 Å². The molecule has 0 aliphatic carbocycles. The first kappa shape index (κ1) is 23.6. The molecule has 5 amide bonds. The van der Waals surface area contributed by atoms with Crippen molar-refractivity contribution in [3.8, 4) is 0 Å². The van der Waals surface area contributed by atoms with E-state index in [0.29, 0.717) is 35.8 Å². The van der Waals surface area contributed by atoms with E-state index in [4.69, 9.17) is 11.6 Å². The minimum Gasteiger partial charge on any atom is -0.340 e. The van der Waals surface area contributed by atoms with Gasteiger partial charge in [-0.3, -0.25) is 19.3 Å². The fourth-order valence-corrected chi connectivity index (χ4v) is 4.26. The zero-order valence-corrected chi connectivity index (χ0v) is 19.1. The number of carbonyl (C=O) groups is 4. The third kappa shape index (κ3) is 4.72. The van der Waals surface area contributed by atoms with E-state index >= 15 is 0 Å². The van der Waals surface area contributed by atoms with Gasteiger partial charge in [-0.05, 0) is 49.6 Å². The number of pyridine rings is 1. The molecule has 0 saturated carbocycles. The lowest BCUT2D eigenvalue weighted by Crippen LogP contribution is -2.49. The zero-order chi connectivity index (χ0) is 24.5. The lowest BCUT2D eigenvalue weighted by molar-refractivity contribution is -0.140. The highest BCUT2D eigenvalue weighted by Gasteiger charge is 2.49. The van der Waals surface area contributed by atoms with Crippen molar-refractivity contribution in [2.24, 2.45) is 5.92 Å².